The van der Waals surface area contributed by atoms with E-state index >= 15 is 0 Å². The number of nitrogens with one attached hydrogen (secondary N) is 2. The number of nitrogens with zero attached hydrogens (tertiary/aromatic N) is 2. The standard InChI is InChI=1S/C26H28N4O5/c1-3-17-5-4-6-19(21(17)13-27-2)15-35-26(34)28-12-16-7-8-18-14-30(25(33)20(18)11-16)22-9-10-23(31)29-24(22)32/h4-8,11,13,22H,3,9-10,12,14-15H2,1-2H3,(H,28,34)(H,29,31,32). The minimum atomic E-state index is -0.655. The van der Waals surface area contributed by atoms with Crippen LogP contribution in [-0.2, 0) is 40.4 Å². The number of fused-ring (bicyclic) bond motifs is 1. The molecule has 1 saturated heterocycles. The number of amides is 4. The van der Waals surface area contributed by atoms with Crippen molar-refractivity contribution >= 4 is 30.0 Å². The van der Waals surface area contributed by atoms with Gasteiger partial charge in [-0.1, -0.05) is 37.3 Å². The van der Waals surface area contributed by atoms with Crippen LogP contribution in [0.15, 0.2) is 41.4 Å². The lowest BCUT2D eigenvalue weighted by Gasteiger charge is -2.29. The zero-order chi connectivity index (χ0) is 24.9. The summed E-state index contributed by atoms with van der Waals surface area (Å²) in [5.41, 5.74) is 5.02. The molecule has 2 N–H and O–H groups in total. The van der Waals surface area contributed by atoms with Gasteiger partial charge in [-0.25, -0.2) is 4.79 Å². The van der Waals surface area contributed by atoms with Crippen LogP contribution in [0.4, 0.5) is 4.79 Å². The molecule has 2 aromatic rings. The van der Waals surface area contributed by atoms with E-state index in [4.69, 9.17) is 4.74 Å². The van der Waals surface area contributed by atoms with E-state index in [-0.39, 0.29) is 31.4 Å². The van der Waals surface area contributed by atoms with Gasteiger partial charge in [0.2, 0.25) is 11.8 Å². The Kier molecular flexibility index (Phi) is 7.24. The highest BCUT2D eigenvalue weighted by Crippen LogP contribution is 2.28. The molecular weight excluding hydrogens is 448 g/mol. The maximum atomic E-state index is 12.9. The van der Waals surface area contributed by atoms with E-state index in [1.54, 1.807) is 19.3 Å². The number of alkyl carbamates (subject to hydrolysis) is 1. The first-order valence-electron chi connectivity index (χ1n) is 11.6. The second kappa shape index (κ2) is 10.5. The summed E-state index contributed by atoms with van der Waals surface area (Å²) in [6, 6.07) is 10.6. The highest BCUT2D eigenvalue weighted by atomic mass is 16.5. The molecule has 2 aromatic carbocycles. The van der Waals surface area contributed by atoms with Crippen LogP contribution in [0.2, 0.25) is 0 Å². The molecule has 1 unspecified atom stereocenters. The predicted octanol–water partition coefficient (Wildman–Crippen LogP) is 2.49. The quantitative estimate of drug-likeness (QED) is 0.470. The Bertz CT molecular complexity index is 1210. The average Bonchev–Trinajstić information content (AvgIpc) is 3.17. The number of hydrogen-bond acceptors (Lipinski definition) is 6. The van der Waals surface area contributed by atoms with Crippen molar-refractivity contribution < 1.29 is 23.9 Å². The number of carbonyl (C=O) groups is 4. The van der Waals surface area contributed by atoms with Gasteiger partial charge in [0, 0.05) is 43.9 Å². The fraction of sp³-hybridized carbons (Fsp3) is 0.346. The molecule has 9 nitrogen and oxygen atoms in total. The molecule has 0 aromatic heterocycles. The minimum absolute atomic E-state index is 0.116. The van der Waals surface area contributed by atoms with Gasteiger partial charge in [0.1, 0.15) is 12.6 Å². The summed E-state index contributed by atoms with van der Waals surface area (Å²) in [6.45, 7) is 2.68. The summed E-state index contributed by atoms with van der Waals surface area (Å²) < 4.78 is 5.41. The molecule has 2 aliphatic heterocycles. The molecule has 0 radical (unpaired) electrons. The summed E-state index contributed by atoms with van der Waals surface area (Å²) in [5.74, 6) is -1.01. The topological polar surface area (TPSA) is 117 Å². The molecule has 2 aliphatic rings. The molecule has 182 valence electrons. The van der Waals surface area contributed by atoms with Gasteiger partial charge in [-0.2, -0.15) is 0 Å². The Morgan fingerprint density at radius 1 is 1.23 bits per heavy atom. The fourth-order valence-electron chi connectivity index (χ4n) is 4.48. The summed E-state index contributed by atoms with van der Waals surface area (Å²) in [6.07, 6.45) is 2.58. The normalized spacial score (nSPS) is 17.5. The van der Waals surface area contributed by atoms with E-state index in [1.165, 1.54) is 4.90 Å². The number of piperidine rings is 1. The van der Waals surface area contributed by atoms with Crippen molar-refractivity contribution in [1.82, 2.24) is 15.5 Å². The third-order valence-corrected chi connectivity index (χ3v) is 6.31. The molecule has 0 saturated carbocycles. The van der Waals surface area contributed by atoms with Crippen molar-refractivity contribution in [2.24, 2.45) is 4.99 Å². The molecule has 0 aliphatic carbocycles. The van der Waals surface area contributed by atoms with Crippen molar-refractivity contribution in [2.75, 3.05) is 7.05 Å². The van der Waals surface area contributed by atoms with Crippen molar-refractivity contribution in [1.29, 1.82) is 0 Å². The third kappa shape index (κ3) is 5.24. The zero-order valence-electron chi connectivity index (χ0n) is 19.8. The molecule has 0 bridgehead atoms. The highest BCUT2D eigenvalue weighted by Gasteiger charge is 2.39. The van der Waals surface area contributed by atoms with Crippen LogP contribution in [0.5, 0.6) is 0 Å². The lowest BCUT2D eigenvalue weighted by atomic mass is 10.0. The van der Waals surface area contributed by atoms with E-state index in [1.807, 2.05) is 30.3 Å². The van der Waals surface area contributed by atoms with Gasteiger partial charge >= 0.3 is 6.09 Å². The Labute approximate surface area is 203 Å². The number of ether oxygens (including phenoxy) is 1. The van der Waals surface area contributed by atoms with Gasteiger partial charge in [-0.05, 0) is 41.2 Å². The largest absolute Gasteiger partial charge is 0.445 e. The summed E-state index contributed by atoms with van der Waals surface area (Å²) in [4.78, 5) is 54.5. The van der Waals surface area contributed by atoms with Crippen LogP contribution < -0.4 is 10.6 Å². The Balaban J connectivity index is 1.35. The summed E-state index contributed by atoms with van der Waals surface area (Å²) >= 11 is 0. The third-order valence-electron chi connectivity index (χ3n) is 6.31. The molecule has 2 heterocycles. The van der Waals surface area contributed by atoms with Crippen LogP contribution >= 0.6 is 0 Å². The van der Waals surface area contributed by atoms with Gasteiger partial charge < -0.3 is 15.0 Å². The summed E-state index contributed by atoms with van der Waals surface area (Å²) in [5, 5.41) is 5.02. The van der Waals surface area contributed by atoms with E-state index in [2.05, 4.69) is 22.5 Å². The molecular formula is C26H28N4O5. The number of imide groups is 1. The van der Waals surface area contributed by atoms with Gasteiger partial charge in [0.15, 0.2) is 0 Å². The molecule has 4 rings (SSSR count). The van der Waals surface area contributed by atoms with E-state index in [9.17, 15) is 19.2 Å². The van der Waals surface area contributed by atoms with Crippen molar-refractivity contribution in [2.45, 2.75) is 51.9 Å². The number of benzene rings is 2. The van der Waals surface area contributed by atoms with Gasteiger partial charge in [0.25, 0.3) is 5.91 Å². The number of rotatable bonds is 7. The van der Waals surface area contributed by atoms with Crippen LogP contribution in [0.3, 0.4) is 0 Å². The molecule has 35 heavy (non-hydrogen) atoms. The number of carbonyl (C=O) groups excluding carboxylic acids is 4. The number of aryl methyl sites for hydroxylation is 1. The highest BCUT2D eigenvalue weighted by molar-refractivity contribution is 6.05. The van der Waals surface area contributed by atoms with E-state index in [0.29, 0.717) is 18.5 Å². The van der Waals surface area contributed by atoms with Crippen LogP contribution in [0, 0.1) is 0 Å². The van der Waals surface area contributed by atoms with Gasteiger partial charge in [-0.15, -0.1) is 0 Å². The molecule has 1 fully saturated rings. The van der Waals surface area contributed by atoms with Crippen LogP contribution in [0.1, 0.15) is 57.9 Å². The first-order valence-corrected chi connectivity index (χ1v) is 11.6. The lowest BCUT2D eigenvalue weighted by molar-refractivity contribution is -0.136. The van der Waals surface area contributed by atoms with Crippen molar-refractivity contribution in [3.05, 3.63) is 69.8 Å². The Morgan fingerprint density at radius 3 is 2.77 bits per heavy atom. The monoisotopic (exact) mass is 476 g/mol. The second-order valence-corrected chi connectivity index (χ2v) is 8.55. The first kappa shape index (κ1) is 24.1. The summed E-state index contributed by atoms with van der Waals surface area (Å²) in [7, 11) is 1.70. The number of aliphatic imine (C=N–C) groups is 1. The maximum absolute atomic E-state index is 12.9. The predicted molar refractivity (Wildman–Crippen MR) is 129 cm³/mol. The average molecular weight is 477 g/mol. The van der Waals surface area contributed by atoms with Crippen LogP contribution in [0.25, 0.3) is 0 Å². The van der Waals surface area contributed by atoms with E-state index < -0.39 is 18.0 Å². The Hall–Kier alpha value is -4.01. The Morgan fingerprint density at radius 2 is 2.03 bits per heavy atom. The molecule has 1 atom stereocenters. The number of hydrogen-bond donors (Lipinski definition) is 2. The molecule has 9 heteroatoms. The molecule has 4 amide bonds. The lowest BCUT2D eigenvalue weighted by Crippen LogP contribution is -2.52. The minimum Gasteiger partial charge on any atom is -0.445 e. The SMILES string of the molecule is CCc1cccc(COC(=O)NCc2ccc3c(c2)C(=O)N(C2CCC(=O)NC2=O)C3)c1C=NC. The maximum Gasteiger partial charge on any atom is 0.407 e. The second-order valence-electron chi connectivity index (χ2n) is 8.55. The van der Waals surface area contributed by atoms with Gasteiger partial charge in [-0.3, -0.25) is 24.7 Å². The first-order chi connectivity index (χ1) is 16.9. The zero-order valence-corrected chi connectivity index (χ0v) is 19.8. The fourth-order valence-corrected chi connectivity index (χ4v) is 4.48. The smallest absolute Gasteiger partial charge is 0.407 e. The van der Waals surface area contributed by atoms with Crippen molar-refractivity contribution in [3.8, 4) is 0 Å². The molecule has 0 spiro atoms. The van der Waals surface area contributed by atoms with E-state index in [0.717, 1.165) is 34.2 Å². The van der Waals surface area contributed by atoms with Gasteiger partial charge in [0.05, 0.1) is 0 Å². The van der Waals surface area contributed by atoms with Crippen LogP contribution in [-0.4, -0.2) is 48.0 Å². The van der Waals surface area contributed by atoms with Crippen molar-refractivity contribution in [3.63, 3.8) is 0 Å².